The zero-order valence-corrected chi connectivity index (χ0v) is 13.5. The van der Waals surface area contributed by atoms with Crippen LogP contribution in [0.3, 0.4) is 0 Å². The average Bonchev–Trinajstić information content (AvgIpc) is 3.11. The third kappa shape index (κ3) is 3.77. The fourth-order valence-corrected chi connectivity index (χ4v) is 2.31. The molecule has 0 aliphatic carbocycles. The van der Waals surface area contributed by atoms with Crippen molar-refractivity contribution in [2.45, 2.75) is 6.29 Å². The van der Waals surface area contributed by atoms with Gasteiger partial charge in [-0.05, 0) is 12.2 Å². The Morgan fingerprint density at radius 2 is 1.60 bits per heavy atom. The highest BCUT2D eigenvalue weighted by Gasteiger charge is 2.32. The van der Waals surface area contributed by atoms with Crippen LogP contribution in [0.1, 0.15) is 22.2 Å². The SMILES string of the molecule is COC(=O)C1=C(/C=C/C(=O)c2ccccc2)OC(c2ccccc2)O1. The largest absolute Gasteiger partial charge is 0.463 e. The van der Waals surface area contributed by atoms with Gasteiger partial charge in [-0.15, -0.1) is 0 Å². The molecule has 0 radical (unpaired) electrons. The molecule has 2 aromatic rings. The number of hydrogen-bond donors (Lipinski definition) is 0. The predicted molar refractivity (Wildman–Crippen MR) is 90.3 cm³/mol. The first-order valence-corrected chi connectivity index (χ1v) is 7.67. The lowest BCUT2D eigenvalue weighted by atomic mass is 10.1. The molecule has 0 saturated carbocycles. The van der Waals surface area contributed by atoms with E-state index in [1.165, 1.54) is 19.3 Å². The van der Waals surface area contributed by atoms with Crippen LogP contribution in [-0.2, 0) is 19.0 Å². The molecule has 1 atom stereocenters. The standard InChI is InChI=1S/C20H16O5/c1-23-19(22)18-17(13-12-16(21)14-8-4-2-5-9-14)24-20(25-18)15-10-6-3-7-11-15/h2-13,20H,1H3/b13-12+. The Morgan fingerprint density at radius 3 is 2.24 bits per heavy atom. The number of ketones is 1. The van der Waals surface area contributed by atoms with Crippen LogP contribution in [0.4, 0.5) is 0 Å². The first-order valence-electron chi connectivity index (χ1n) is 7.67. The van der Waals surface area contributed by atoms with Gasteiger partial charge in [0.05, 0.1) is 7.11 Å². The molecule has 5 nitrogen and oxygen atoms in total. The predicted octanol–water partition coefficient (Wildman–Crippen LogP) is 3.56. The van der Waals surface area contributed by atoms with Gasteiger partial charge in [0, 0.05) is 11.1 Å². The van der Waals surface area contributed by atoms with Crippen molar-refractivity contribution in [3.05, 3.63) is 95.5 Å². The Morgan fingerprint density at radius 1 is 0.960 bits per heavy atom. The molecule has 0 saturated heterocycles. The summed E-state index contributed by atoms with van der Waals surface area (Å²) in [5.74, 6) is -0.771. The minimum Gasteiger partial charge on any atom is -0.463 e. The molecular formula is C20H16O5. The quantitative estimate of drug-likeness (QED) is 0.475. The molecule has 0 amide bonds. The van der Waals surface area contributed by atoms with Crippen molar-refractivity contribution < 1.29 is 23.8 Å². The molecule has 0 N–H and O–H groups in total. The number of allylic oxidation sites excluding steroid dienone is 2. The average molecular weight is 336 g/mol. The first kappa shape index (κ1) is 16.5. The van der Waals surface area contributed by atoms with Crippen LogP contribution in [0.15, 0.2) is 84.3 Å². The maximum atomic E-state index is 12.2. The Bertz CT molecular complexity index is 822. The summed E-state index contributed by atoms with van der Waals surface area (Å²) < 4.78 is 16.0. The normalized spacial score (nSPS) is 16.4. The van der Waals surface area contributed by atoms with E-state index in [2.05, 4.69) is 0 Å². The highest BCUT2D eigenvalue weighted by atomic mass is 16.7. The second-order valence-electron chi connectivity index (χ2n) is 5.23. The van der Waals surface area contributed by atoms with Crippen LogP contribution in [0.25, 0.3) is 0 Å². The maximum absolute atomic E-state index is 12.2. The molecule has 0 spiro atoms. The molecule has 1 unspecified atom stereocenters. The van der Waals surface area contributed by atoms with Gasteiger partial charge in [0.2, 0.25) is 0 Å². The lowest BCUT2D eigenvalue weighted by Gasteiger charge is -2.11. The number of benzene rings is 2. The summed E-state index contributed by atoms with van der Waals surface area (Å²) >= 11 is 0. The fourth-order valence-electron chi connectivity index (χ4n) is 2.31. The van der Waals surface area contributed by atoms with E-state index in [1.807, 2.05) is 36.4 Å². The van der Waals surface area contributed by atoms with E-state index in [4.69, 9.17) is 14.2 Å². The van der Waals surface area contributed by atoms with Gasteiger partial charge >= 0.3 is 5.97 Å². The van der Waals surface area contributed by atoms with Crippen molar-refractivity contribution in [1.29, 1.82) is 0 Å². The Kier molecular flexibility index (Phi) is 4.95. The number of ether oxygens (including phenoxy) is 3. The van der Waals surface area contributed by atoms with Crippen molar-refractivity contribution >= 4 is 11.8 Å². The zero-order chi connectivity index (χ0) is 17.6. The van der Waals surface area contributed by atoms with Gasteiger partial charge < -0.3 is 14.2 Å². The smallest absolute Gasteiger partial charge is 0.377 e. The summed E-state index contributed by atoms with van der Waals surface area (Å²) in [6.07, 6.45) is 2.00. The Labute approximate surface area is 145 Å². The van der Waals surface area contributed by atoms with E-state index in [0.29, 0.717) is 5.56 Å². The maximum Gasteiger partial charge on any atom is 0.377 e. The van der Waals surface area contributed by atoms with Gasteiger partial charge in [-0.2, -0.15) is 0 Å². The third-order valence-electron chi connectivity index (χ3n) is 3.57. The molecular weight excluding hydrogens is 320 g/mol. The monoisotopic (exact) mass is 336 g/mol. The molecule has 3 rings (SSSR count). The van der Waals surface area contributed by atoms with E-state index < -0.39 is 12.3 Å². The molecule has 0 aromatic heterocycles. The molecule has 1 aliphatic rings. The topological polar surface area (TPSA) is 61.8 Å². The summed E-state index contributed by atoms with van der Waals surface area (Å²) in [5.41, 5.74) is 1.29. The fraction of sp³-hybridized carbons (Fsp3) is 0.100. The number of rotatable bonds is 5. The summed E-state index contributed by atoms with van der Waals surface area (Å²) in [6.45, 7) is 0. The highest BCUT2D eigenvalue weighted by Crippen LogP contribution is 2.34. The van der Waals surface area contributed by atoms with Crippen molar-refractivity contribution in [2.75, 3.05) is 7.11 Å². The van der Waals surface area contributed by atoms with E-state index in [1.54, 1.807) is 24.3 Å². The van der Waals surface area contributed by atoms with Crippen LogP contribution in [0.5, 0.6) is 0 Å². The number of carbonyl (C=O) groups excluding carboxylic acids is 2. The molecule has 2 aromatic carbocycles. The Balaban J connectivity index is 1.82. The van der Waals surface area contributed by atoms with E-state index >= 15 is 0 Å². The number of carbonyl (C=O) groups is 2. The molecule has 25 heavy (non-hydrogen) atoms. The summed E-state index contributed by atoms with van der Waals surface area (Å²) in [6, 6.07) is 18.0. The van der Waals surface area contributed by atoms with Gasteiger partial charge in [0.25, 0.3) is 12.0 Å². The Hall–Kier alpha value is -3.34. The molecule has 1 aliphatic heterocycles. The van der Waals surface area contributed by atoms with Crippen molar-refractivity contribution in [3.8, 4) is 0 Å². The van der Waals surface area contributed by atoms with Gasteiger partial charge in [-0.25, -0.2) is 4.79 Å². The van der Waals surface area contributed by atoms with Gasteiger partial charge in [0.15, 0.2) is 11.5 Å². The van der Waals surface area contributed by atoms with Gasteiger partial charge in [-0.3, -0.25) is 4.79 Å². The number of esters is 1. The van der Waals surface area contributed by atoms with Crippen LogP contribution >= 0.6 is 0 Å². The van der Waals surface area contributed by atoms with Crippen LogP contribution in [0.2, 0.25) is 0 Å². The molecule has 0 bridgehead atoms. The summed E-state index contributed by atoms with van der Waals surface area (Å²) in [5, 5.41) is 0. The van der Waals surface area contributed by atoms with Gasteiger partial charge in [0.1, 0.15) is 0 Å². The molecule has 1 heterocycles. The zero-order valence-electron chi connectivity index (χ0n) is 13.5. The van der Waals surface area contributed by atoms with Crippen molar-refractivity contribution in [3.63, 3.8) is 0 Å². The summed E-state index contributed by atoms with van der Waals surface area (Å²) in [7, 11) is 1.25. The van der Waals surface area contributed by atoms with E-state index in [-0.39, 0.29) is 17.3 Å². The van der Waals surface area contributed by atoms with Crippen molar-refractivity contribution in [2.24, 2.45) is 0 Å². The molecule has 5 heteroatoms. The first-order chi connectivity index (χ1) is 12.2. The van der Waals surface area contributed by atoms with E-state index in [0.717, 1.165) is 5.56 Å². The third-order valence-corrected chi connectivity index (χ3v) is 3.57. The second-order valence-corrected chi connectivity index (χ2v) is 5.23. The lowest BCUT2D eigenvalue weighted by molar-refractivity contribution is -0.142. The van der Waals surface area contributed by atoms with Crippen LogP contribution < -0.4 is 0 Å². The summed E-state index contributed by atoms with van der Waals surface area (Å²) in [4.78, 5) is 24.1. The van der Waals surface area contributed by atoms with E-state index in [9.17, 15) is 9.59 Å². The lowest BCUT2D eigenvalue weighted by Crippen LogP contribution is -2.07. The number of methoxy groups -OCH3 is 1. The van der Waals surface area contributed by atoms with Crippen LogP contribution in [-0.4, -0.2) is 18.9 Å². The molecule has 126 valence electrons. The van der Waals surface area contributed by atoms with Gasteiger partial charge in [-0.1, -0.05) is 60.7 Å². The highest BCUT2D eigenvalue weighted by molar-refractivity contribution is 6.04. The van der Waals surface area contributed by atoms with Crippen LogP contribution in [0, 0.1) is 0 Å². The minimum atomic E-state index is -0.762. The second kappa shape index (κ2) is 7.49. The minimum absolute atomic E-state index is 0.0616. The van der Waals surface area contributed by atoms with Crippen molar-refractivity contribution in [1.82, 2.24) is 0 Å². The molecule has 0 fully saturated rings. The number of hydrogen-bond acceptors (Lipinski definition) is 5.